The average molecular weight is 424 g/mol. The normalized spacial score (nSPS) is 15.9. The van der Waals surface area contributed by atoms with Crippen molar-refractivity contribution in [2.45, 2.75) is 64.3 Å². The Balaban J connectivity index is 0.00000300. The molecule has 0 bridgehead atoms. The quantitative estimate of drug-likeness (QED) is 0.469. The smallest absolute Gasteiger partial charge is 0.129 e. The van der Waals surface area contributed by atoms with E-state index in [1.54, 1.807) is 7.11 Å². The number of aryl methyl sites for hydroxylation is 2. The summed E-state index contributed by atoms with van der Waals surface area (Å²) in [5, 5.41) is 2.05. The summed E-state index contributed by atoms with van der Waals surface area (Å²) in [6, 6.07) is 10.7. The van der Waals surface area contributed by atoms with Crippen LogP contribution in [0, 0.1) is 25.5 Å². The van der Waals surface area contributed by atoms with Crippen LogP contribution < -0.4 is 0 Å². The van der Waals surface area contributed by atoms with Gasteiger partial charge in [-0.3, -0.25) is 0 Å². The maximum absolute atomic E-state index is 14.4. The third-order valence-electron chi connectivity index (χ3n) is 6.08. The molecule has 0 radical (unpaired) electrons. The fourth-order valence-corrected chi connectivity index (χ4v) is 4.66. The molecule has 29 heavy (non-hydrogen) atoms. The van der Waals surface area contributed by atoms with Gasteiger partial charge in [-0.25, -0.2) is 8.78 Å². The van der Waals surface area contributed by atoms with Crippen molar-refractivity contribution >= 4 is 12.4 Å². The fraction of sp³-hybridized carbons (Fsp3) is 0.500. The highest BCUT2D eigenvalue weighted by Gasteiger charge is 2.28. The van der Waals surface area contributed by atoms with E-state index in [-0.39, 0.29) is 23.9 Å². The number of hydrogen-bond acceptors (Lipinski definition) is 2. The average Bonchev–Trinajstić information content (AvgIpc) is 2.69. The van der Waals surface area contributed by atoms with Gasteiger partial charge in [0.05, 0.1) is 7.11 Å². The maximum Gasteiger partial charge on any atom is 0.129 e. The summed E-state index contributed by atoms with van der Waals surface area (Å²) >= 11 is 0. The summed E-state index contributed by atoms with van der Waals surface area (Å²) in [7, 11) is 1.71. The molecular formula is C24H32ClF2NO. The molecule has 1 atom stereocenters. The van der Waals surface area contributed by atoms with Crippen LogP contribution in [0.2, 0.25) is 0 Å². The maximum atomic E-state index is 14.4. The van der Waals surface area contributed by atoms with Gasteiger partial charge in [0.15, 0.2) is 0 Å². The van der Waals surface area contributed by atoms with E-state index >= 15 is 0 Å². The van der Waals surface area contributed by atoms with Crippen molar-refractivity contribution in [2.24, 2.45) is 0 Å². The highest BCUT2D eigenvalue weighted by Crippen LogP contribution is 2.32. The number of hydroxylamine groups is 2. The van der Waals surface area contributed by atoms with Crippen LogP contribution in [0.15, 0.2) is 36.4 Å². The zero-order valence-electron chi connectivity index (χ0n) is 17.6. The first-order valence-electron chi connectivity index (χ1n) is 10.3. The Morgan fingerprint density at radius 1 is 0.966 bits per heavy atom. The molecule has 0 spiro atoms. The Kier molecular flexibility index (Phi) is 9.06. The molecule has 0 aromatic heterocycles. The molecule has 0 heterocycles. The second-order valence-electron chi connectivity index (χ2n) is 7.98. The zero-order valence-corrected chi connectivity index (χ0v) is 18.4. The molecule has 2 aromatic carbocycles. The van der Waals surface area contributed by atoms with E-state index in [0.717, 1.165) is 24.0 Å². The molecule has 1 saturated carbocycles. The van der Waals surface area contributed by atoms with Crippen molar-refractivity contribution in [1.82, 2.24) is 5.06 Å². The lowest BCUT2D eigenvalue weighted by Crippen LogP contribution is -2.39. The summed E-state index contributed by atoms with van der Waals surface area (Å²) in [5.41, 5.74) is 3.64. The van der Waals surface area contributed by atoms with E-state index in [0.29, 0.717) is 19.0 Å². The van der Waals surface area contributed by atoms with Crippen molar-refractivity contribution < 1.29 is 13.6 Å². The van der Waals surface area contributed by atoms with E-state index < -0.39 is 11.6 Å². The van der Waals surface area contributed by atoms with E-state index in [9.17, 15) is 8.78 Å². The molecular weight excluding hydrogens is 392 g/mol. The molecule has 0 N–H and O–H groups in total. The minimum atomic E-state index is -0.474. The van der Waals surface area contributed by atoms with E-state index in [1.807, 2.05) is 6.07 Å². The lowest BCUT2D eigenvalue weighted by atomic mass is 9.85. The molecule has 1 unspecified atom stereocenters. The standard InChI is InChI=1S/C24H31F2NO.ClH/c1-17-9-7-10-18(2)24(17)19(15-21-22(25)13-8-14-23(21)26)16-27(28-3)20-11-5-4-6-12-20;/h7-10,13-14,19-20H,4-6,11-12,15-16H2,1-3H3;1H. The molecule has 1 aliphatic carbocycles. The van der Waals surface area contributed by atoms with Crippen molar-refractivity contribution in [1.29, 1.82) is 0 Å². The van der Waals surface area contributed by atoms with Crippen molar-refractivity contribution in [3.05, 3.63) is 70.3 Å². The first kappa shape index (κ1) is 23.8. The zero-order chi connectivity index (χ0) is 20.1. The number of hydrogen-bond donors (Lipinski definition) is 0. The van der Waals surface area contributed by atoms with Gasteiger partial charge in [0, 0.05) is 24.1 Å². The summed E-state index contributed by atoms with van der Waals surface area (Å²) in [5.74, 6) is -0.995. The summed E-state index contributed by atoms with van der Waals surface area (Å²) in [4.78, 5) is 5.77. The van der Waals surface area contributed by atoms with Gasteiger partial charge in [-0.1, -0.05) is 43.5 Å². The first-order chi connectivity index (χ1) is 13.5. The van der Waals surface area contributed by atoms with Crippen LogP contribution in [0.25, 0.3) is 0 Å². The van der Waals surface area contributed by atoms with Crippen LogP contribution in [0.1, 0.15) is 60.3 Å². The topological polar surface area (TPSA) is 12.5 Å². The predicted molar refractivity (Wildman–Crippen MR) is 117 cm³/mol. The van der Waals surface area contributed by atoms with Crippen LogP contribution in [0.3, 0.4) is 0 Å². The van der Waals surface area contributed by atoms with Crippen molar-refractivity contribution in [3.8, 4) is 0 Å². The van der Waals surface area contributed by atoms with Crippen LogP contribution >= 0.6 is 12.4 Å². The molecule has 0 saturated heterocycles. The molecule has 160 valence electrons. The summed E-state index contributed by atoms with van der Waals surface area (Å²) < 4.78 is 28.8. The molecule has 5 heteroatoms. The Morgan fingerprint density at radius 3 is 2.07 bits per heavy atom. The van der Waals surface area contributed by atoms with Gasteiger partial charge < -0.3 is 4.84 Å². The number of rotatable bonds is 7. The Morgan fingerprint density at radius 2 is 1.52 bits per heavy atom. The highest BCUT2D eigenvalue weighted by atomic mass is 35.5. The lowest BCUT2D eigenvalue weighted by molar-refractivity contribution is -0.171. The third kappa shape index (κ3) is 5.78. The largest absolute Gasteiger partial charge is 0.302 e. The monoisotopic (exact) mass is 423 g/mol. The van der Waals surface area contributed by atoms with Gasteiger partial charge in [-0.2, -0.15) is 5.06 Å². The van der Waals surface area contributed by atoms with E-state index in [1.165, 1.54) is 43.0 Å². The second kappa shape index (κ2) is 11.1. The van der Waals surface area contributed by atoms with Crippen molar-refractivity contribution in [3.63, 3.8) is 0 Å². The predicted octanol–water partition coefficient (Wildman–Crippen LogP) is 6.53. The molecule has 0 aliphatic heterocycles. The molecule has 0 amide bonds. The number of halogens is 3. The molecule has 3 rings (SSSR count). The van der Waals surface area contributed by atoms with Crippen LogP contribution in [-0.2, 0) is 11.3 Å². The van der Waals surface area contributed by atoms with Gasteiger partial charge in [0.2, 0.25) is 0 Å². The van der Waals surface area contributed by atoms with Crippen LogP contribution in [-0.4, -0.2) is 24.8 Å². The number of nitrogens with zero attached hydrogens (tertiary/aromatic N) is 1. The van der Waals surface area contributed by atoms with Crippen LogP contribution in [0.5, 0.6) is 0 Å². The van der Waals surface area contributed by atoms with Gasteiger partial charge >= 0.3 is 0 Å². The molecule has 1 aliphatic rings. The van der Waals surface area contributed by atoms with Gasteiger partial charge in [-0.15, -0.1) is 12.4 Å². The lowest BCUT2D eigenvalue weighted by Gasteiger charge is -2.35. The Bertz CT molecular complexity index is 752. The van der Waals surface area contributed by atoms with Gasteiger partial charge in [-0.05, 0) is 61.9 Å². The summed E-state index contributed by atoms with van der Waals surface area (Å²) in [6.45, 7) is 4.77. The van der Waals surface area contributed by atoms with Gasteiger partial charge in [0.1, 0.15) is 11.6 Å². The van der Waals surface area contributed by atoms with Gasteiger partial charge in [0.25, 0.3) is 0 Å². The first-order valence-corrected chi connectivity index (χ1v) is 10.3. The Hall–Kier alpha value is -1.49. The fourth-order valence-electron chi connectivity index (χ4n) is 4.66. The van der Waals surface area contributed by atoms with E-state index in [2.05, 4.69) is 31.0 Å². The van der Waals surface area contributed by atoms with E-state index in [4.69, 9.17) is 4.84 Å². The second-order valence-corrected chi connectivity index (χ2v) is 7.98. The molecule has 2 aromatic rings. The van der Waals surface area contributed by atoms with Crippen molar-refractivity contribution in [2.75, 3.05) is 13.7 Å². The van der Waals surface area contributed by atoms with Crippen LogP contribution in [0.4, 0.5) is 8.78 Å². The number of benzene rings is 2. The highest BCUT2D eigenvalue weighted by molar-refractivity contribution is 5.85. The third-order valence-corrected chi connectivity index (χ3v) is 6.08. The Labute approximate surface area is 179 Å². The molecule has 1 fully saturated rings. The minimum absolute atomic E-state index is 0. The summed E-state index contributed by atoms with van der Waals surface area (Å²) in [6.07, 6.45) is 6.23. The SMILES string of the molecule is CON(CC(Cc1c(F)cccc1F)c1c(C)cccc1C)C1CCCCC1.Cl. The minimum Gasteiger partial charge on any atom is -0.302 e. The molecule has 2 nitrogen and oxygen atoms in total.